The van der Waals surface area contributed by atoms with Gasteiger partial charge in [-0.15, -0.1) is 0 Å². The molecule has 0 spiro atoms. The number of nitrogens with zero attached hydrogens (tertiary/aromatic N) is 5. The number of alkyl halides is 2. The van der Waals surface area contributed by atoms with Crippen LogP contribution >= 0.6 is 11.6 Å². The van der Waals surface area contributed by atoms with E-state index >= 15 is 0 Å². The average molecular weight is 528 g/mol. The molecule has 4 heterocycles. The number of hydrogen-bond donors (Lipinski definition) is 2. The highest BCUT2D eigenvalue weighted by Crippen LogP contribution is 2.45. The van der Waals surface area contributed by atoms with Crippen LogP contribution in [0.1, 0.15) is 19.3 Å². The SMILES string of the molecule is Cn1c(=O)c2c(c3cc(Nc4nc(N5CC(CC#N)C5)ncc4Cl)ccc31)NC(C1CC1)C(F)(F)CO2. The third-order valence-corrected chi connectivity index (χ3v) is 7.50. The third kappa shape index (κ3) is 4.19. The summed E-state index contributed by atoms with van der Waals surface area (Å²) in [4.78, 5) is 23.8. The maximum atomic E-state index is 14.9. The van der Waals surface area contributed by atoms with E-state index in [2.05, 4.69) is 26.7 Å². The number of ether oxygens (including phenoxy) is 1. The maximum absolute atomic E-state index is 14.9. The standard InChI is InChI=1S/C25H24ClF2N7O2/c1-34-18-5-4-15(31-22-17(26)9-30-24(33-22)35-10-13(11-35)6-7-29)8-16(18)19-20(23(34)36)37-12-25(27,28)21(32-19)14-2-3-14/h4-5,8-9,13-14,21,32H,2-3,6,10-12H2,1H3,(H,30,31,33). The van der Waals surface area contributed by atoms with Gasteiger partial charge in [0.25, 0.3) is 5.56 Å². The molecule has 1 atom stereocenters. The monoisotopic (exact) mass is 527 g/mol. The molecule has 37 heavy (non-hydrogen) atoms. The highest BCUT2D eigenvalue weighted by Gasteiger charge is 2.51. The van der Waals surface area contributed by atoms with Crippen LogP contribution in [0.5, 0.6) is 5.75 Å². The van der Waals surface area contributed by atoms with Gasteiger partial charge in [-0.3, -0.25) is 4.79 Å². The van der Waals surface area contributed by atoms with Gasteiger partial charge in [0.2, 0.25) is 11.7 Å². The Balaban J connectivity index is 1.36. The van der Waals surface area contributed by atoms with Crippen LogP contribution in [0.3, 0.4) is 0 Å². The highest BCUT2D eigenvalue weighted by atomic mass is 35.5. The van der Waals surface area contributed by atoms with Crippen LogP contribution in [0.25, 0.3) is 10.9 Å². The third-order valence-electron chi connectivity index (χ3n) is 7.22. The minimum atomic E-state index is -3.11. The zero-order chi connectivity index (χ0) is 25.9. The molecule has 2 N–H and O–H groups in total. The van der Waals surface area contributed by atoms with Crippen LogP contribution in [-0.4, -0.2) is 46.2 Å². The van der Waals surface area contributed by atoms with Crippen molar-refractivity contribution in [2.45, 2.75) is 31.2 Å². The molecule has 1 saturated carbocycles. The molecule has 9 nitrogen and oxygen atoms in total. The number of fused-ring (bicyclic) bond motifs is 3. The molecule has 1 unspecified atom stereocenters. The van der Waals surface area contributed by atoms with Crippen molar-refractivity contribution in [3.05, 3.63) is 39.8 Å². The van der Waals surface area contributed by atoms with Gasteiger partial charge < -0.3 is 24.8 Å². The molecule has 3 aromatic rings. The molecule has 1 aliphatic carbocycles. The fourth-order valence-electron chi connectivity index (χ4n) is 5.01. The first-order valence-electron chi connectivity index (χ1n) is 12.1. The number of aromatic nitrogens is 3. The first-order valence-corrected chi connectivity index (χ1v) is 12.5. The Kier molecular flexibility index (Phi) is 5.60. The molecule has 6 rings (SSSR count). The zero-order valence-electron chi connectivity index (χ0n) is 20.0. The van der Waals surface area contributed by atoms with Crippen LogP contribution < -0.4 is 25.8 Å². The maximum Gasteiger partial charge on any atom is 0.301 e. The number of aryl methyl sites for hydroxylation is 1. The molecular formula is C25H24ClF2N7O2. The summed E-state index contributed by atoms with van der Waals surface area (Å²) in [6.45, 7) is 0.546. The molecule has 2 aliphatic heterocycles. The largest absolute Gasteiger partial charge is 0.480 e. The van der Waals surface area contributed by atoms with E-state index in [0.717, 1.165) is 0 Å². The molecule has 0 radical (unpaired) electrons. The molecular weight excluding hydrogens is 504 g/mol. The van der Waals surface area contributed by atoms with Gasteiger partial charge >= 0.3 is 5.92 Å². The van der Waals surface area contributed by atoms with E-state index in [0.29, 0.717) is 71.6 Å². The molecule has 0 bridgehead atoms. The van der Waals surface area contributed by atoms with Crippen molar-refractivity contribution < 1.29 is 13.5 Å². The number of nitrogens with one attached hydrogen (secondary N) is 2. The summed E-state index contributed by atoms with van der Waals surface area (Å²) < 4.78 is 36.6. The predicted molar refractivity (Wildman–Crippen MR) is 136 cm³/mol. The lowest BCUT2D eigenvalue weighted by atomic mass is 9.98. The topological polar surface area (TPSA) is 108 Å². The van der Waals surface area contributed by atoms with Gasteiger partial charge in [0.05, 0.1) is 29.5 Å². The number of nitriles is 1. The Morgan fingerprint density at radius 3 is 2.86 bits per heavy atom. The smallest absolute Gasteiger partial charge is 0.301 e. The van der Waals surface area contributed by atoms with Crippen molar-refractivity contribution in [2.24, 2.45) is 18.9 Å². The Morgan fingerprint density at radius 2 is 2.14 bits per heavy atom. The van der Waals surface area contributed by atoms with Crippen molar-refractivity contribution in [1.82, 2.24) is 14.5 Å². The fourth-order valence-corrected chi connectivity index (χ4v) is 5.15. The Morgan fingerprint density at radius 1 is 1.35 bits per heavy atom. The highest BCUT2D eigenvalue weighted by molar-refractivity contribution is 6.33. The number of benzene rings is 1. The first kappa shape index (κ1) is 23.7. The van der Waals surface area contributed by atoms with Gasteiger partial charge in [-0.05, 0) is 37.0 Å². The number of rotatable bonds is 5. The lowest BCUT2D eigenvalue weighted by Gasteiger charge is -2.38. The Hall–Kier alpha value is -3.65. The molecule has 3 aliphatic rings. The Labute approximate surface area is 216 Å². The molecule has 1 saturated heterocycles. The quantitative estimate of drug-likeness (QED) is 0.506. The van der Waals surface area contributed by atoms with Crippen LogP contribution in [0.2, 0.25) is 5.02 Å². The van der Waals surface area contributed by atoms with E-state index in [1.165, 1.54) is 10.8 Å². The predicted octanol–water partition coefficient (Wildman–Crippen LogP) is 4.29. The molecule has 12 heteroatoms. The summed E-state index contributed by atoms with van der Waals surface area (Å²) in [5.41, 5.74) is 0.973. The molecule has 192 valence electrons. The van der Waals surface area contributed by atoms with Crippen molar-refractivity contribution in [3.8, 4) is 11.8 Å². The van der Waals surface area contributed by atoms with Gasteiger partial charge in [-0.1, -0.05) is 11.6 Å². The second-order valence-electron chi connectivity index (χ2n) is 9.93. The van der Waals surface area contributed by atoms with E-state index in [4.69, 9.17) is 21.6 Å². The summed E-state index contributed by atoms with van der Waals surface area (Å²) in [6, 6.07) is 6.35. The minimum absolute atomic E-state index is 0.109. The second kappa shape index (κ2) is 8.73. The zero-order valence-corrected chi connectivity index (χ0v) is 20.7. The van der Waals surface area contributed by atoms with Gasteiger partial charge in [0, 0.05) is 43.5 Å². The van der Waals surface area contributed by atoms with E-state index in [1.807, 2.05) is 4.90 Å². The Bertz CT molecular complexity index is 1500. The summed E-state index contributed by atoms with van der Waals surface area (Å²) in [7, 11) is 1.59. The van der Waals surface area contributed by atoms with E-state index in [9.17, 15) is 13.6 Å². The van der Waals surface area contributed by atoms with E-state index in [1.54, 1.807) is 25.2 Å². The van der Waals surface area contributed by atoms with Crippen molar-refractivity contribution in [1.29, 1.82) is 5.26 Å². The molecule has 2 aromatic heterocycles. The van der Waals surface area contributed by atoms with Crippen LogP contribution in [0.15, 0.2) is 29.2 Å². The van der Waals surface area contributed by atoms with Crippen molar-refractivity contribution >= 4 is 45.6 Å². The number of hydrogen-bond acceptors (Lipinski definition) is 8. The van der Waals surface area contributed by atoms with E-state index in [-0.39, 0.29) is 17.4 Å². The van der Waals surface area contributed by atoms with Crippen LogP contribution in [-0.2, 0) is 7.05 Å². The fraction of sp³-hybridized carbons (Fsp3) is 0.440. The number of anilines is 4. The summed E-state index contributed by atoms with van der Waals surface area (Å²) in [6.07, 6.45) is 3.42. The van der Waals surface area contributed by atoms with Gasteiger partial charge in [-0.25, -0.2) is 13.8 Å². The second-order valence-corrected chi connectivity index (χ2v) is 10.3. The summed E-state index contributed by atoms with van der Waals surface area (Å²) in [5, 5.41) is 15.9. The molecule has 0 amide bonds. The van der Waals surface area contributed by atoms with Gasteiger partial charge in [0.1, 0.15) is 5.02 Å². The van der Waals surface area contributed by atoms with Gasteiger partial charge in [-0.2, -0.15) is 10.2 Å². The minimum Gasteiger partial charge on any atom is -0.480 e. The summed E-state index contributed by atoms with van der Waals surface area (Å²) in [5.74, 6) is -2.20. The lowest BCUT2D eigenvalue weighted by Crippen LogP contribution is -2.47. The van der Waals surface area contributed by atoms with Crippen LogP contribution in [0.4, 0.5) is 31.9 Å². The van der Waals surface area contributed by atoms with Gasteiger partial charge in [0.15, 0.2) is 12.4 Å². The molecule has 2 fully saturated rings. The van der Waals surface area contributed by atoms with E-state index < -0.39 is 24.1 Å². The van der Waals surface area contributed by atoms with Crippen molar-refractivity contribution in [2.75, 3.05) is 35.2 Å². The molecule has 1 aromatic carbocycles. The number of halogens is 3. The average Bonchev–Trinajstić information content (AvgIpc) is 3.69. The summed E-state index contributed by atoms with van der Waals surface area (Å²) >= 11 is 6.37. The lowest BCUT2D eigenvalue weighted by molar-refractivity contribution is -0.0579. The number of pyridine rings is 1. The normalized spacial score (nSPS) is 20.7. The van der Waals surface area contributed by atoms with Crippen molar-refractivity contribution in [3.63, 3.8) is 0 Å². The first-order chi connectivity index (χ1) is 17.7. The van der Waals surface area contributed by atoms with Crippen LogP contribution in [0, 0.1) is 23.2 Å².